The summed E-state index contributed by atoms with van der Waals surface area (Å²) in [6.45, 7) is -2.66. The van der Waals surface area contributed by atoms with E-state index < -0.39 is 253 Å². The molecule has 12 aliphatic rings. The normalized spacial score (nSPS) is 29.1. The molecule has 708 valence electrons. The number of sulfonamides is 2. The van der Waals surface area contributed by atoms with Gasteiger partial charge in [-0.3, -0.25) is 18.6 Å². The lowest BCUT2D eigenvalue weighted by molar-refractivity contribution is -0.247. The molecule has 59 heteroatoms. The predicted molar refractivity (Wildman–Crippen MR) is 375 cm³/mol. The molecule has 12 fully saturated rings. The predicted octanol–water partition coefficient (Wildman–Crippen LogP) is 9.51. The molecule has 0 aromatic heterocycles. The number of fused-ring (bicyclic) bond motifs is 3. The zero-order valence-electron chi connectivity index (χ0n) is 64.8. The van der Waals surface area contributed by atoms with E-state index in [1.54, 1.807) is 0 Å². The lowest BCUT2D eigenvalue weighted by Crippen LogP contribution is -2.63. The Kier molecular flexibility index (Phi) is 38.5. The van der Waals surface area contributed by atoms with Crippen LogP contribution in [-0.2, 0) is 123 Å². The highest BCUT2D eigenvalue weighted by Gasteiger charge is 2.81. The zero-order valence-corrected chi connectivity index (χ0v) is 71.3. The molecule has 121 heavy (non-hydrogen) atoms. The van der Waals surface area contributed by atoms with Crippen LogP contribution in [0.4, 0.5) is 83.4 Å². The fourth-order valence-corrected chi connectivity index (χ4v) is 21.8. The van der Waals surface area contributed by atoms with Crippen molar-refractivity contribution in [2.45, 2.75) is 233 Å². The number of nitrogens with zero attached hydrogens (tertiary/aromatic N) is 2. The van der Waals surface area contributed by atoms with Gasteiger partial charge in [-0.1, -0.05) is 25.7 Å². The summed E-state index contributed by atoms with van der Waals surface area (Å²) in [5.74, 6) is -21.1. The van der Waals surface area contributed by atoms with Crippen LogP contribution in [0.1, 0.15) is 148 Å². The molecule has 32 nitrogen and oxygen atoms in total. The molecular formula is C62H89F19N2O30S8. The van der Waals surface area contributed by atoms with E-state index in [9.17, 15) is 180 Å². The van der Waals surface area contributed by atoms with Crippen molar-refractivity contribution in [1.29, 1.82) is 0 Å². The Morgan fingerprint density at radius 2 is 1.00 bits per heavy atom. The number of piperidine rings is 1. The number of esters is 4. The second-order valence-electron chi connectivity index (χ2n) is 29.2. The summed E-state index contributed by atoms with van der Waals surface area (Å²) >= 11 is 0. The number of carbonyl (C=O) groups is 4. The SMILES string of the molecule is CS(=O)(=O)[O-].O=C(CCC(F)(F)C(F)(F)S(=O)(=O)[O-])OC1C2CCC(C2)C1OC(=O)C1CCCCC1.O=C(OC1C2CC3C1OS(=O)(=O)C3C2)C(F)(F)S(=O)(=O)[O-].O=C(OCCC(F)C(F)(F)S(=O)(=O)[O-])C12CC3CC(CC(C3)C1)C2.O=S(=O)([O-])C(F)(F)C(F)(F)C(F)(F)S(=O)(=O)N1CCCCC1.O=S1(=O)[N-]CCC(F)(F)C1(F)F.[CH3+].[CH3+].[CH3+].[CH3+].[CH3+].[CH3+]. The number of hydrogen-bond acceptors (Lipinski definition) is 30. The Hall–Kier alpha value is -4.95. The molecule has 0 radical (unpaired) electrons. The van der Waals surface area contributed by atoms with Crippen LogP contribution in [0.25, 0.3) is 4.72 Å². The summed E-state index contributed by atoms with van der Waals surface area (Å²) in [6.07, 6.45) is 1.02. The van der Waals surface area contributed by atoms with Crippen molar-refractivity contribution in [3.05, 3.63) is 49.3 Å². The van der Waals surface area contributed by atoms with E-state index >= 15 is 0 Å². The van der Waals surface area contributed by atoms with Crippen LogP contribution >= 0.6 is 0 Å². The monoisotopic (exact) mass is 1960 g/mol. The van der Waals surface area contributed by atoms with Gasteiger partial charge in [0.15, 0.2) is 46.6 Å². The van der Waals surface area contributed by atoms with Gasteiger partial charge in [-0.2, -0.15) is 91.8 Å². The van der Waals surface area contributed by atoms with Gasteiger partial charge in [-0.05, 0) is 114 Å². The number of halogens is 19. The highest BCUT2D eigenvalue weighted by Crippen LogP contribution is 2.61. The Morgan fingerprint density at radius 3 is 1.42 bits per heavy atom. The number of rotatable bonds is 22. The maximum Gasteiger partial charge on any atom is 0.428 e. The molecule has 10 unspecified atom stereocenters. The standard InChI is InChI=1S/C19H26F4O7S.C15H21F3O5S.C9H10F2O8S2.C8H11F6NO5S2.C4H4F4NO2S.CH4O3S.6CH3/c20-18(21,19(22,23)31(26,27)28)9-8-14(24)29-15-12-6-7-13(10-12)16(15)30-17(25)11-4-2-1-3-5-11;16-12(15(17,18)24(20,21)22)1-2-23-13(19)14-6-9-3-10(7-14)5-11(4-9)8-14;10-9(11,21(15,16)17)8(12)18-6-3-1-4-5(2-3)20(13,14)19-7(4)6;9-6(10,8(13,14)22(18,19)20)7(11,12)21(16,17)15-4-2-1-3-5-15;5-3(6)1-2-9-12(10,11)4(3,7)8;1-5(2,3)4;;;;;;/h11-13,15-16H,1-10H2,(H,26,27,28);9-12H,1-8H2,(H,20,21,22);3-7H,1-2H2,(H,15,16,17);1-5H2,(H,18,19,20);1-2H2;1H3,(H,2,3,4);6*1H3/q;;;;-1;;6*+1/p-5. The van der Waals surface area contributed by atoms with Crippen molar-refractivity contribution < 1.29 is 216 Å². The van der Waals surface area contributed by atoms with Gasteiger partial charge in [0, 0.05) is 107 Å². The van der Waals surface area contributed by atoms with Crippen molar-refractivity contribution in [2.24, 2.45) is 52.8 Å². The molecule has 8 bridgehead atoms. The van der Waals surface area contributed by atoms with Gasteiger partial charge in [0.1, 0.15) is 34.4 Å². The van der Waals surface area contributed by atoms with E-state index in [-0.39, 0.29) is 91.9 Å². The highest BCUT2D eigenvalue weighted by molar-refractivity contribution is 7.95. The van der Waals surface area contributed by atoms with Gasteiger partial charge in [0.05, 0.1) is 39.7 Å². The van der Waals surface area contributed by atoms with Crippen molar-refractivity contribution >= 4 is 105 Å². The van der Waals surface area contributed by atoms with Gasteiger partial charge in [0.25, 0.3) is 20.1 Å². The Morgan fingerprint density at radius 1 is 0.554 bits per heavy atom. The number of ether oxygens (including phenoxy) is 4. The van der Waals surface area contributed by atoms with Gasteiger partial charge in [-0.15, -0.1) is 6.54 Å². The fraction of sp³-hybridized carbons (Fsp3) is 0.839. The molecule has 9 saturated carbocycles. The molecule has 10 atom stereocenters. The van der Waals surface area contributed by atoms with Gasteiger partial charge in [-0.25, -0.2) is 68.1 Å². The van der Waals surface area contributed by atoms with Crippen LogP contribution in [0.5, 0.6) is 0 Å². The summed E-state index contributed by atoms with van der Waals surface area (Å²) in [7, 11) is -45.5. The lowest BCUT2D eigenvalue weighted by Gasteiger charge is -2.55. The Labute approximate surface area is 688 Å². The van der Waals surface area contributed by atoms with E-state index in [0.717, 1.165) is 77.0 Å². The molecule has 3 aliphatic heterocycles. The quantitative estimate of drug-likeness (QED) is 0.0243. The first kappa shape index (κ1) is 116. The average Bonchev–Trinajstić information content (AvgIpc) is 1.56. The van der Waals surface area contributed by atoms with E-state index in [0.29, 0.717) is 49.7 Å². The molecule has 0 aromatic rings. The molecule has 3 saturated heterocycles. The van der Waals surface area contributed by atoms with Crippen LogP contribution in [-0.4, -0.2) is 236 Å². The van der Waals surface area contributed by atoms with E-state index in [2.05, 4.69) is 9.46 Å². The van der Waals surface area contributed by atoms with Crippen molar-refractivity contribution in [3.63, 3.8) is 0 Å². The second-order valence-corrected chi connectivity index (χ2v) is 41.8. The first-order chi connectivity index (χ1) is 51.6. The second kappa shape index (κ2) is 40.2. The summed E-state index contributed by atoms with van der Waals surface area (Å²) < 4.78 is 493. The number of alkyl halides is 19. The molecule has 0 spiro atoms. The van der Waals surface area contributed by atoms with E-state index in [1.165, 1.54) is 0 Å². The minimum Gasteiger partial charge on any atom is -0.748 e. The maximum absolute atomic E-state index is 13.6. The van der Waals surface area contributed by atoms with Gasteiger partial charge < -0.3 is 46.4 Å². The van der Waals surface area contributed by atoms with Crippen LogP contribution in [0.2, 0.25) is 0 Å². The summed E-state index contributed by atoms with van der Waals surface area (Å²) in [5.41, 5.74) is -0.590. The Balaban J connectivity index is 0.00000148. The zero-order chi connectivity index (χ0) is 88.3. The van der Waals surface area contributed by atoms with Crippen molar-refractivity contribution in [2.75, 3.05) is 32.5 Å². The van der Waals surface area contributed by atoms with Gasteiger partial charge >= 0.3 is 73.2 Å². The topological polar surface area (TPSA) is 520 Å². The van der Waals surface area contributed by atoms with E-state index in [1.807, 2.05) is 0 Å². The molecule has 0 aromatic carbocycles. The molecular weight excluding hydrogens is 1870 g/mol. The minimum absolute atomic E-state index is 0. The number of hydrogen-bond donors (Lipinski definition) is 0. The smallest absolute Gasteiger partial charge is 0.428 e. The molecule has 0 N–H and O–H groups in total. The summed E-state index contributed by atoms with van der Waals surface area (Å²) in [4.78, 5) is 48.2. The average molecular weight is 1960 g/mol. The number of carbonyl (C=O) groups excluding carboxylic acids is 4. The van der Waals surface area contributed by atoms with Crippen LogP contribution < -0.4 is 0 Å². The van der Waals surface area contributed by atoms with Gasteiger partial charge in [0.2, 0.25) is 0 Å². The largest absolute Gasteiger partial charge is 0.748 e. The Bertz CT molecular complexity index is 4490. The third-order valence-electron chi connectivity index (χ3n) is 21.1. The minimum atomic E-state index is -7.23. The van der Waals surface area contributed by atoms with Crippen molar-refractivity contribution in [3.8, 4) is 0 Å². The third kappa shape index (κ3) is 24.7. The lowest BCUT2D eigenvalue weighted by atomic mass is 9.49. The van der Waals surface area contributed by atoms with Crippen molar-refractivity contribution in [1.82, 2.24) is 4.31 Å². The highest BCUT2D eigenvalue weighted by atomic mass is 32.2. The molecule has 9 aliphatic carbocycles. The third-order valence-corrected chi connectivity index (χ3v) is 29.8. The van der Waals surface area contributed by atoms with Crippen LogP contribution in [0.15, 0.2) is 0 Å². The summed E-state index contributed by atoms with van der Waals surface area (Å²) in [5, 5.41) is -35.1. The molecule has 3 heterocycles. The molecule has 0 amide bonds. The fourth-order valence-electron chi connectivity index (χ4n) is 15.8. The van der Waals surface area contributed by atoms with Crippen LogP contribution in [0.3, 0.4) is 0 Å². The van der Waals surface area contributed by atoms with Crippen LogP contribution in [0, 0.1) is 97.3 Å². The first-order valence-corrected chi connectivity index (χ1v) is 45.8. The van der Waals surface area contributed by atoms with E-state index in [4.69, 9.17) is 31.4 Å². The maximum atomic E-state index is 13.6. The molecule has 12 rings (SSSR count). The first-order valence-electron chi connectivity index (χ1n) is 34.0. The summed E-state index contributed by atoms with van der Waals surface area (Å²) in [6, 6.07) is 0.